The van der Waals surface area contributed by atoms with Gasteiger partial charge < -0.3 is 9.72 Å². The minimum absolute atomic E-state index is 0.468. The van der Waals surface area contributed by atoms with Gasteiger partial charge in [-0.1, -0.05) is 36.4 Å². The molecule has 2 N–H and O–H groups in total. The van der Waals surface area contributed by atoms with Crippen molar-refractivity contribution in [2.24, 2.45) is 0 Å². The Morgan fingerprint density at radius 3 is 2.55 bits per heavy atom. The van der Waals surface area contributed by atoms with Crippen LogP contribution in [0.25, 0.3) is 56.1 Å². The van der Waals surface area contributed by atoms with E-state index in [1.54, 1.807) is 31.0 Å². The summed E-state index contributed by atoms with van der Waals surface area (Å²) in [6, 6.07) is 21.8. The molecule has 1 aromatic carbocycles. The summed E-state index contributed by atoms with van der Waals surface area (Å²) in [5, 5.41) is 8.31. The van der Waals surface area contributed by atoms with Crippen molar-refractivity contribution in [3.8, 4) is 39.7 Å². The van der Waals surface area contributed by atoms with Gasteiger partial charge in [0.05, 0.1) is 22.8 Å². The van der Waals surface area contributed by atoms with Crippen molar-refractivity contribution < 1.29 is 4.74 Å². The zero-order chi connectivity index (χ0) is 25.3. The number of nitrogens with zero attached hydrogens (tertiary/aromatic N) is 6. The average molecular weight is 497 g/mol. The van der Waals surface area contributed by atoms with Crippen molar-refractivity contribution in [1.82, 2.24) is 40.1 Å². The van der Waals surface area contributed by atoms with Crippen molar-refractivity contribution in [1.29, 1.82) is 0 Å². The van der Waals surface area contributed by atoms with E-state index in [2.05, 4.69) is 35.1 Å². The molecule has 0 radical (unpaired) electrons. The molecule has 0 spiro atoms. The van der Waals surface area contributed by atoms with E-state index in [0.717, 1.165) is 44.5 Å². The van der Waals surface area contributed by atoms with Gasteiger partial charge in [0, 0.05) is 41.5 Å². The molecule has 9 nitrogen and oxygen atoms in total. The molecule has 7 rings (SSSR count). The topological polar surface area (TPSA) is 118 Å². The van der Waals surface area contributed by atoms with Gasteiger partial charge in [0.2, 0.25) is 0 Å². The van der Waals surface area contributed by atoms with E-state index in [9.17, 15) is 0 Å². The molecule has 9 heteroatoms. The number of fused-ring (bicyclic) bond motifs is 2. The number of nitrogens with one attached hydrogen (secondary N) is 2. The maximum absolute atomic E-state index is 5.97. The lowest BCUT2D eigenvalue weighted by atomic mass is 10.1. The van der Waals surface area contributed by atoms with Crippen LogP contribution < -0.4 is 4.74 Å². The number of aromatic nitrogens is 8. The van der Waals surface area contributed by atoms with Gasteiger partial charge in [-0.25, -0.2) is 15.0 Å². The van der Waals surface area contributed by atoms with Gasteiger partial charge in [-0.15, -0.1) is 0 Å². The predicted octanol–water partition coefficient (Wildman–Crippen LogP) is 5.60. The highest BCUT2D eigenvalue weighted by Gasteiger charge is 2.17. The molecule has 0 unspecified atom stereocenters. The second-order valence-electron chi connectivity index (χ2n) is 8.73. The summed E-state index contributed by atoms with van der Waals surface area (Å²) in [6.07, 6.45) is 8.79. The lowest BCUT2D eigenvalue weighted by Crippen LogP contribution is -1.96. The fourth-order valence-corrected chi connectivity index (χ4v) is 4.40. The summed E-state index contributed by atoms with van der Waals surface area (Å²) in [7, 11) is 0. The van der Waals surface area contributed by atoms with E-state index >= 15 is 0 Å². The molecule has 0 aliphatic carbocycles. The van der Waals surface area contributed by atoms with E-state index in [1.165, 1.54) is 0 Å². The molecule has 0 bridgehead atoms. The van der Waals surface area contributed by atoms with E-state index in [-0.39, 0.29) is 0 Å². The Bertz CT molecular complexity index is 1880. The van der Waals surface area contributed by atoms with Gasteiger partial charge in [-0.2, -0.15) is 5.10 Å². The largest absolute Gasteiger partial charge is 0.487 e. The third kappa shape index (κ3) is 4.01. The summed E-state index contributed by atoms with van der Waals surface area (Å²) in [6.45, 7) is 0.468. The normalized spacial score (nSPS) is 11.3. The monoisotopic (exact) mass is 496 g/mol. The number of hydrogen-bond acceptors (Lipinski definition) is 7. The Kier molecular flexibility index (Phi) is 5.29. The molecule has 0 atom stereocenters. The predicted molar refractivity (Wildman–Crippen MR) is 144 cm³/mol. The molecule has 0 amide bonds. The summed E-state index contributed by atoms with van der Waals surface area (Å²) in [5.41, 5.74) is 7.36. The molecule has 0 aliphatic rings. The number of pyridine rings is 4. The van der Waals surface area contributed by atoms with Crippen LogP contribution in [-0.4, -0.2) is 40.1 Å². The van der Waals surface area contributed by atoms with E-state index in [4.69, 9.17) is 9.72 Å². The second-order valence-corrected chi connectivity index (χ2v) is 8.73. The fraction of sp³-hybridized carbons (Fsp3) is 0.0345. The number of ether oxygens (including phenoxy) is 1. The van der Waals surface area contributed by atoms with Gasteiger partial charge in [0.25, 0.3) is 0 Å². The zero-order valence-corrected chi connectivity index (χ0v) is 20.0. The van der Waals surface area contributed by atoms with Crippen molar-refractivity contribution in [3.63, 3.8) is 0 Å². The third-order valence-electron chi connectivity index (χ3n) is 6.27. The number of aromatic amines is 2. The summed E-state index contributed by atoms with van der Waals surface area (Å²) < 4.78 is 5.97. The number of rotatable bonds is 6. The minimum Gasteiger partial charge on any atom is -0.487 e. The minimum atomic E-state index is 0.468. The Balaban J connectivity index is 1.24. The van der Waals surface area contributed by atoms with Gasteiger partial charge in [-0.3, -0.25) is 15.1 Å². The molecule has 0 aliphatic heterocycles. The zero-order valence-electron chi connectivity index (χ0n) is 20.0. The lowest BCUT2D eigenvalue weighted by Gasteiger charge is -2.08. The number of hydrogen-bond donors (Lipinski definition) is 2. The quantitative estimate of drug-likeness (QED) is 0.308. The maximum Gasteiger partial charge on any atom is 0.181 e. The first-order valence-corrected chi connectivity index (χ1v) is 12.0. The van der Waals surface area contributed by atoms with Crippen LogP contribution in [0.5, 0.6) is 5.75 Å². The highest BCUT2D eigenvalue weighted by Crippen LogP contribution is 2.31. The van der Waals surface area contributed by atoms with E-state index < -0.39 is 0 Å². The first kappa shape index (κ1) is 21.8. The SMILES string of the molecule is c1ccc(COc2cncc(-c3cnc4n[nH]c(-c5nc6nccc(-c7ccccn7)c6[nH]5)c4c3)c2)cc1. The van der Waals surface area contributed by atoms with Crippen molar-refractivity contribution in [2.75, 3.05) is 0 Å². The van der Waals surface area contributed by atoms with E-state index in [1.807, 2.05) is 66.7 Å². The summed E-state index contributed by atoms with van der Waals surface area (Å²) in [5.74, 6) is 1.31. The highest BCUT2D eigenvalue weighted by atomic mass is 16.5. The van der Waals surface area contributed by atoms with Crippen LogP contribution in [0.3, 0.4) is 0 Å². The van der Waals surface area contributed by atoms with Crippen LogP contribution in [0.15, 0.2) is 97.7 Å². The van der Waals surface area contributed by atoms with E-state index in [0.29, 0.717) is 29.5 Å². The summed E-state index contributed by atoms with van der Waals surface area (Å²) >= 11 is 0. The number of benzene rings is 1. The first-order valence-electron chi connectivity index (χ1n) is 12.0. The Morgan fingerprint density at radius 1 is 0.763 bits per heavy atom. The van der Waals surface area contributed by atoms with Crippen LogP contribution in [0.2, 0.25) is 0 Å². The molecule has 182 valence electrons. The molecule has 38 heavy (non-hydrogen) atoms. The molecule has 6 aromatic heterocycles. The first-order chi connectivity index (χ1) is 18.8. The molecular formula is C29H20N8O. The van der Waals surface area contributed by atoms with Gasteiger partial charge in [0.15, 0.2) is 17.1 Å². The fourth-order valence-electron chi connectivity index (χ4n) is 4.40. The second kappa shape index (κ2) is 9.21. The number of imidazole rings is 1. The van der Waals surface area contributed by atoms with Crippen molar-refractivity contribution in [3.05, 3.63) is 103 Å². The van der Waals surface area contributed by atoms with Crippen molar-refractivity contribution >= 4 is 22.2 Å². The van der Waals surface area contributed by atoms with Gasteiger partial charge in [0.1, 0.15) is 18.1 Å². The van der Waals surface area contributed by atoms with Crippen LogP contribution in [0.4, 0.5) is 0 Å². The Labute approximate surface area is 216 Å². The van der Waals surface area contributed by atoms with Gasteiger partial charge >= 0.3 is 0 Å². The van der Waals surface area contributed by atoms with Crippen molar-refractivity contribution in [2.45, 2.75) is 6.61 Å². The molecular weight excluding hydrogens is 476 g/mol. The maximum atomic E-state index is 5.97. The number of H-pyrrole nitrogens is 2. The third-order valence-corrected chi connectivity index (χ3v) is 6.27. The smallest absolute Gasteiger partial charge is 0.181 e. The summed E-state index contributed by atoms with van der Waals surface area (Å²) in [4.78, 5) is 26.0. The molecule has 0 fully saturated rings. The standard InChI is InChI=1S/C29H20N8O/c1-2-6-18(7-3-1)17-38-21-12-19(14-30-16-21)20-13-23-26(36-37-27(23)33-15-20)29-34-25-22(9-11-32-28(25)35-29)24-8-4-5-10-31-24/h1-16H,17H2,(H,32,34,35)(H,33,36,37). The van der Waals surface area contributed by atoms with Crippen LogP contribution in [0.1, 0.15) is 5.56 Å². The Hall–Kier alpha value is -5.44. The molecule has 7 aromatic rings. The Morgan fingerprint density at radius 2 is 1.66 bits per heavy atom. The highest BCUT2D eigenvalue weighted by molar-refractivity contribution is 5.95. The average Bonchev–Trinajstić information content (AvgIpc) is 3.61. The molecule has 0 saturated heterocycles. The van der Waals surface area contributed by atoms with Crippen LogP contribution in [0, 0.1) is 0 Å². The van der Waals surface area contributed by atoms with Crippen LogP contribution >= 0.6 is 0 Å². The molecule has 6 heterocycles. The molecule has 0 saturated carbocycles. The van der Waals surface area contributed by atoms with Gasteiger partial charge in [-0.05, 0) is 35.9 Å². The van der Waals surface area contributed by atoms with Crippen LogP contribution in [-0.2, 0) is 6.61 Å². The lowest BCUT2D eigenvalue weighted by molar-refractivity contribution is 0.305.